The summed E-state index contributed by atoms with van der Waals surface area (Å²) in [6.07, 6.45) is 3.34. The smallest absolute Gasteiger partial charge is 0.185 e. The van der Waals surface area contributed by atoms with Gasteiger partial charge in [0.1, 0.15) is 0 Å². The molecule has 1 aliphatic heterocycles. The molecule has 3 nitrogen and oxygen atoms in total. The van der Waals surface area contributed by atoms with E-state index < -0.39 is 0 Å². The van der Waals surface area contributed by atoms with Crippen molar-refractivity contribution in [3.8, 4) is 11.3 Å². The van der Waals surface area contributed by atoms with Gasteiger partial charge in [-0.1, -0.05) is 39.8 Å². The van der Waals surface area contributed by atoms with Crippen LogP contribution >= 0.6 is 28.3 Å². The van der Waals surface area contributed by atoms with E-state index in [1.165, 1.54) is 23.1 Å². The lowest BCUT2D eigenvalue weighted by Crippen LogP contribution is -2.39. The summed E-state index contributed by atoms with van der Waals surface area (Å²) in [5, 5.41) is 3.35. The molecule has 0 saturated carbocycles. The Kier molecular flexibility index (Phi) is 5.28. The molecule has 0 radical (unpaired) electrons. The van der Waals surface area contributed by atoms with Gasteiger partial charge in [-0.05, 0) is 47.3 Å². The van der Waals surface area contributed by atoms with Crippen LogP contribution in [0.1, 0.15) is 58.1 Å². The molecule has 26 heavy (non-hydrogen) atoms. The van der Waals surface area contributed by atoms with Crippen LogP contribution in [0.4, 0.5) is 5.13 Å². The monoisotopic (exact) mass is 435 g/mol. The summed E-state index contributed by atoms with van der Waals surface area (Å²) >= 11 is 1.76. The van der Waals surface area contributed by atoms with E-state index in [0.717, 1.165) is 36.8 Å². The van der Waals surface area contributed by atoms with Crippen molar-refractivity contribution < 1.29 is 0 Å². The van der Waals surface area contributed by atoms with Crippen molar-refractivity contribution >= 4 is 33.4 Å². The highest BCUT2D eigenvalue weighted by molar-refractivity contribution is 8.93. The fourth-order valence-electron chi connectivity index (χ4n) is 4.78. The Balaban J connectivity index is 0.00000196. The van der Waals surface area contributed by atoms with Crippen LogP contribution in [0, 0.1) is 0 Å². The summed E-state index contributed by atoms with van der Waals surface area (Å²) in [6, 6.07) is 7.33. The van der Waals surface area contributed by atoms with Gasteiger partial charge in [-0.25, -0.2) is 4.98 Å². The number of benzene rings is 1. The zero-order chi connectivity index (χ0) is 17.8. The minimum atomic E-state index is 0. The van der Waals surface area contributed by atoms with E-state index in [-0.39, 0.29) is 27.8 Å². The molecular formula is C21H30BrN3S. The second kappa shape index (κ2) is 6.92. The van der Waals surface area contributed by atoms with Crippen LogP contribution in [0.15, 0.2) is 23.6 Å². The van der Waals surface area contributed by atoms with E-state index in [2.05, 4.69) is 56.2 Å². The Morgan fingerprint density at radius 1 is 1.08 bits per heavy atom. The van der Waals surface area contributed by atoms with Gasteiger partial charge in [0.2, 0.25) is 0 Å². The Morgan fingerprint density at radius 3 is 2.42 bits per heavy atom. The largest absolute Gasteiger partial charge is 0.348 e. The second-order valence-corrected chi connectivity index (χ2v) is 9.88. The van der Waals surface area contributed by atoms with E-state index in [0.29, 0.717) is 6.04 Å². The molecule has 142 valence electrons. The fourth-order valence-corrected chi connectivity index (χ4v) is 5.67. The van der Waals surface area contributed by atoms with Gasteiger partial charge in [0.25, 0.3) is 0 Å². The summed E-state index contributed by atoms with van der Waals surface area (Å²) in [4.78, 5) is 7.33. The van der Waals surface area contributed by atoms with Gasteiger partial charge in [0.15, 0.2) is 5.13 Å². The molecule has 0 amide bonds. The average Bonchev–Trinajstić information content (AvgIpc) is 3.10. The molecule has 0 unspecified atom stereocenters. The van der Waals surface area contributed by atoms with E-state index in [1.54, 1.807) is 11.3 Å². The van der Waals surface area contributed by atoms with Crippen LogP contribution in [0.2, 0.25) is 0 Å². The number of halogens is 1. The zero-order valence-electron chi connectivity index (χ0n) is 16.2. The first-order valence-corrected chi connectivity index (χ1v) is 10.3. The van der Waals surface area contributed by atoms with E-state index in [9.17, 15) is 0 Å². The van der Waals surface area contributed by atoms with Crippen LogP contribution in [0.3, 0.4) is 0 Å². The minimum absolute atomic E-state index is 0. The Labute approximate surface area is 171 Å². The van der Waals surface area contributed by atoms with Crippen LogP contribution in [0.5, 0.6) is 0 Å². The Bertz CT molecular complexity index is 788. The van der Waals surface area contributed by atoms with Crippen LogP contribution in [-0.2, 0) is 10.8 Å². The molecule has 1 aromatic heterocycles. The third kappa shape index (κ3) is 3.46. The highest BCUT2D eigenvalue weighted by Gasteiger charge is 2.41. The van der Waals surface area contributed by atoms with Crippen LogP contribution in [-0.4, -0.2) is 24.1 Å². The summed E-state index contributed by atoms with van der Waals surface area (Å²) in [5.41, 5.74) is 11.9. The maximum Gasteiger partial charge on any atom is 0.185 e. The van der Waals surface area contributed by atoms with Crippen molar-refractivity contribution in [2.75, 3.05) is 18.0 Å². The molecule has 1 aliphatic carbocycles. The number of nitrogens with two attached hydrogens (primary N) is 1. The fraction of sp³-hybridized carbons (Fsp3) is 0.571. The van der Waals surface area contributed by atoms with Crippen LogP contribution in [0.25, 0.3) is 11.3 Å². The third-order valence-electron chi connectivity index (χ3n) is 5.96. The maximum atomic E-state index is 6.03. The highest BCUT2D eigenvalue weighted by Crippen LogP contribution is 2.50. The maximum absolute atomic E-state index is 6.03. The number of nitrogens with zero attached hydrogens (tertiary/aromatic N) is 2. The first-order chi connectivity index (χ1) is 11.8. The van der Waals surface area contributed by atoms with Gasteiger partial charge in [0.05, 0.1) is 5.69 Å². The molecule has 0 bridgehead atoms. The number of fused-ring (bicyclic) bond motifs is 1. The lowest BCUT2D eigenvalue weighted by Gasteiger charge is -2.29. The van der Waals surface area contributed by atoms with Crippen LogP contribution < -0.4 is 10.6 Å². The van der Waals surface area contributed by atoms with E-state index >= 15 is 0 Å². The van der Waals surface area contributed by atoms with Crippen molar-refractivity contribution in [1.29, 1.82) is 0 Å². The average molecular weight is 436 g/mol. The minimum Gasteiger partial charge on any atom is -0.348 e. The molecule has 2 aromatic rings. The molecule has 1 aromatic carbocycles. The first-order valence-electron chi connectivity index (χ1n) is 9.38. The standard InChI is InChI=1S/C21H29N3S.BrH/c1-20(2)13-21(3,4)17-11-14(5-6-16(17)20)18-12-25-19(23-18)24-9-7-15(22)8-10-24;/h5-6,11-12,15H,7-10,13,22H2,1-4H3;1H. The van der Waals surface area contributed by atoms with Crippen molar-refractivity contribution in [1.82, 2.24) is 4.98 Å². The molecule has 4 rings (SSSR count). The zero-order valence-corrected chi connectivity index (χ0v) is 18.7. The Morgan fingerprint density at radius 2 is 1.73 bits per heavy atom. The number of hydrogen-bond donors (Lipinski definition) is 1. The summed E-state index contributed by atoms with van der Waals surface area (Å²) in [7, 11) is 0. The molecule has 1 saturated heterocycles. The Hall–Kier alpha value is -0.910. The number of aromatic nitrogens is 1. The highest BCUT2D eigenvalue weighted by atomic mass is 79.9. The van der Waals surface area contributed by atoms with Gasteiger partial charge in [-0.2, -0.15) is 0 Å². The number of piperidine rings is 1. The topological polar surface area (TPSA) is 42.1 Å². The van der Waals surface area contributed by atoms with Crippen molar-refractivity contribution in [3.63, 3.8) is 0 Å². The van der Waals surface area contributed by atoms with E-state index in [4.69, 9.17) is 10.7 Å². The molecule has 5 heteroatoms. The van der Waals surface area contributed by atoms with Gasteiger partial charge in [0, 0.05) is 30.1 Å². The number of rotatable bonds is 2. The van der Waals surface area contributed by atoms with Gasteiger partial charge in [-0.3, -0.25) is 0 Å². The van der Waals surface area contributed by atoms with E-state index in [1.807, 2.05) is 0 Å². The predicted octanol–water partition coefficient (Wildman–Crippen LogP) is 5.27. The van der Waals surface area contributed by atoms with Gasteiger partial charge < -0.3 is 10.6 Å². The van der Waals surface area contributed by atoms with Crippen molar-refractivity contribution in [2.24, 2.45) is 5.73 Å². The number of hydrogen-bond acceptors (Lipinski definition) is 4. The summed E-state index contributed by atoms with van der Waals surface area (Å²) < 4.78 is 0. The summed E-state index contributed by atoms with van der Waals surface area (Å²) in [6.45, 7) is 11.5. The predicted molar refractivity (Wildman–Crippen MR) is 118 cm³/mol. The molecule has 1 fully saturated rings. The molecule has 2 aliphatic rings. The lowest BCUT2D eigenvalue weighted by molar-refractivity contribution is 0.403. The third-order valence-corrected chi connectivity index (χ3v) is 6.86. The van der Waals surface area contributed by atoms with Gasteiger partial charge in [-0.15, -0.1) is 28.3 Å². The molecule has 2 heterocycles. The number of thiazole rings is 1. The molecule has 0 spiro atoms. The normalized spacial score (nSPS) is 21.3. The second-order valence-electron chi connectivity index (χ2n) is 9.04. The quantitative estimate of drug-likeness (QED) is 0.697. The lowest BCUT2D eigenvalue weighted by atomic mass is 9.82. The van der Waals surface area contributed by atoms with Crippen molar-refractivity contribution in [3.05, 3.63) is 34.7 Å². The molecule has 2 N–H and O–H groups in total. The number of anilines is 1. The SMILES string of the molecule is Br.CC1(C)CC(C)(C)c2cc(-c3csc(N4CCC(N)CC4)n3)ccc21. The first kappa shape index (κ1) is 19.8. The molecular weight excluding hydrogens is 406 g/mol. The van der Waals surface area contributed by atoms with Crippen molar-refractivity contribution in [2.45, 2.75) is 63.8 Å². The molecule has 0 atom stereocenters. The summed E-state index contributed by atoms with van der Waals surface area (Å²) in [5.74, 6) is 0. The van der Waals surface area contributed by atoms with Gasteiger partial charge >= 0.3 is 0 Å².